The normalized spacial score (nSPS) is 25.8. The highest BCUT2D eigenvalue weighted by molar-refractivity contribution is 5.98. The van der Waals surface area contributed by atoms with Crippen molar-refractivity contribution in [2.24, 2.45) is 11.3 Å². The number of hydrogen-bond donors (Lipinski definition) is 0. The maximum absolute atomic E-state index is 12.0. The summed E-state index contributed by atoms with van der Waals surface area (Å²) >= 11 is 0. The lowest BCUT2D eigenvalue weighted by atomic mass is 9.82. The minimum Gasteiger partial charge on any atom is -0.468 e. The largest absolute Gasteiger partial charge is 0.468 e. The number of methoxy groups -OCH3 is 1. The second-order valence-corrected chi connectivity index (χ2v) is 6.53. The van der Waals surface area contributed by atoms with Crippen LogP contribution in [0.15, 0.2) is 0 Å². The highest BCUT2D eigenvalue weighted by atomic mass is 16.7. The van der Waals surface area contributed by atoms with Gasteiger partial charge in [0.05, 0.1) is 19.8 Å². The van der Waals surface area contributed by atoms with Gasteiger partial charge >= 0.3 is 5.97 Å². The van der Waals surface area contributed by atoms with Crippen molar-refractivity contribution in [1.29, 1.82) is 0 Å². The number of Topliss-reactive ketones (excluding diaryl/α,β-unsaturated/α-hetero) is 1. The summed E-state index contributed by atoms with van der Waals surface area (Å²) in [6, 6.07) is 0. The molecule has 5 heteroatoms. The zero-order valence-electron chi connectivity index (χ0n) is 13.3. The van der Waals surface area contributed by atoms with Gasteiger partial charge in [0.15, 0.2) is 5.79 Å². The van der Waals surface area contributed by atoms with Crippen molar-refractivity contribution >= 4 is 11.8 Å². The summed E-state index contributed by atoms with van der Waals surface area (Å²) in [5.41, 5.74) is -0.149. The van der Waals surface area contributed by atoms with E-state index < -0.39 is 17.7 Å². The van der Waals surface area contributed by atoms with Crippen molar-refractivity contribution in [3.05, 3.63) is 0 Å². The maximum Gasteiger partial charge on any atom is 0.315 e. The molecule has 0 aromatic carbocycles. The lowest BCUT2D eigenvalue weighted by molar-refractivity contribution is -0.312. The van der Waals surface area contributed by atoms with Gasteiger partial charge in [-0.25, -0.2) is 0 Å². The second kappa shape index (κ2) is 6.22. The number of carbonyl (C=O) groups is 2. The molecule has 2 atom stereocenters. The molecule has 0 radical (unpaired) electrons. The third-order valence-electron chi connectivity index (χ3n) is 3.78. The highest BCUT2D eigenvalue weighted by Crippen LogP contribution is 2.37. The molecule has 1 fully saturated rings. The van der Waals surface area contributed by atoms with Crippen LogP contribution in [0, 0.1) is 11.3 Å². The van der Waals surface area contributed by atoms with Crippen molar-refractivity contribution < 1.29 is 23.8 Å². The molecule has 1 aliphatic rings. The summed E-state index contributed by atoms with van der Waals surface area (Å²) in [7, 11) is 1.29. The Bertz CT molecular complexity index is 372. The molecule has 0 amide bonds. The van der Waals surface area contributed by atoms with Gasteiger partial charge in [-0.1, -0.05) is 13.8 Å². The monoisotopic (exact) mass is 286 g/mol. The first-order chi connectivity index (χ1) is 9.09. The van der Waals surface area contributed by atoms with Gasteiger partial charge in [0.25, 0.3) is 0 Å². The van der Waals surface area contributed by atoms with Crippen molar-refractivity contribution in [3.63, 3.8) is 0 Å². The molecule has 0 aliphatic carbocycles. The fraction of sp³-hybridized carbons (Fsp3) is 0.867. The summed E-state index contributed by atoms with van der Waals surface area (Å²) in [4.78, 5) is 23.3. The molecule has 0 aromatic heterocycles. The van der Waals surface area contributed by atoms with E-state index >= 15 is 0 Å². The Morgan fingerprint density at radius 3 is 2.45 bits per heavy atom. The molecule has 2 unspecified atom stereocenters. The Morgan fingerprint density at radius 1 is 1.30 bits per heavy atom. The average Bonchev–Trinajstić information content (AvgIpc) is 2.38. The zero-order valence-corrected chi connectivity index (χ0v) is 13.3. The quantitative estimate of drug-likeness (QED) is 0.573. The molecule has 1 saturated heterocycles. The minimum atomic E-state index is -0.712. The topological polar surface area (TPSA) is 61.8 Å². The fourth-order valence-electron chi connectivity index (χ4n) is 2.24. The van der Waals surface area contributed by atoms with Crippen LogP contribution in [-0.2, 0) is 23.8 Å². The molecule has 0 aromatic rings. The smallest absolute Gasteiger partial charge is 0.315 e. The number of ketones is 1. The lowest BCUT2D eigenvalue weighted by Crippen LogP contribution is -2.50. The Labute approximate surface area is 121 Å². The number of ether oxygens (including phenoxy) is 3. The molecule has 20 heavy (non-hydrogen) atoms. The van der Waals surface area contributed by atoms with Crippen LogP contribution in [0.2, 0.25) is 0 Å². The number of carbonyl (C=O) groups excluding carboxylic acids is 2. The van der Waals surface area contributed by atoms with Crippen LogP contribution in [0.25, 0.3) is 0 Å². The molecule has 1 aliphatic heterocycles. The van der Waals surface area contributed by atoms with E-state index in [2.05, 4.69) is 18.6 Å². The maximum atomic E-state index is 12.0. The van der Waals surface area contributed by atoms with Gasteiger partial charge < -0.3 is 14.2 Å². The van der Waals surface area contributed by atoms with Gasteiger partial charge in [0.2, 0.25) is 0 Å². The molecule has 0 spiro atoms. The van der Waals surface area contributed by atoms with Crippen LogP contribution in [0.3, 0.4) is 0 Å². The fourth-order valence-corrected chi connectivity index (χ4v) is 2.24. The third-order valence-corrected chi connectivity index (χ3v) is 3.78. The molecule has 0 saturated carbocycles. The van der Waals surface area contributed by atoms with Crippen LogP contribution in [0.4, 0.5) is 0 Å². The van der Waals surface area contributed by atoms with Crippen LogP contribution in [-0.4, -0.2) is 37.4 Å². The predicted molar refractivity (Wildman–Crippen MR) is 74.1 cm³/mol. The first kappa shape index (κ1) is 17.1. The average molecular weight is 286 g/mol. The molecule has 1 heterocycles. The first-order valence-corrected chi connectivity index (χ1v) is 7.01. The minimum absolute atomic E-state index is 0.0694. The molecule has 1 rings (SSSR count). The molecule has 116 valence electrons. The number of hydrogen-bond acceptors (Lipinski definition) is 5. The van der Waals surface area contributed by atoms with Gasteiger partial charge in [0, 0.05) is 11.8 Å². The Balaban J connectivity index is 2.58. The van der Waals surface area contributed by atoms with E-state index in [-0.39, 0.29) is 17.3 Å². The van der Waals surface area contributed by atoms with E-state index in [0.717, 1.165) is 0 Å². The van der Waals surface area contributed by atoms with E-state index in [1.54, 1.807) is 6.92 Å². The van der Waals surface area contributed by atoms with Crippen molar-refractivity contribution in [2.45, 2.75) is 59.4 Å². The standard InChI is InChI=1S/C15H26O5/c1-10(13(17)18-6)11(16)7-8-12-14(2,3)9-19-15(4,5)20-12/h10,12H,7-9H2,1-6H3. The molecule has 5 nitrogen and oxygen atoms in total. The molecular weight excluding hydrogens is 260 g/mol. The van der Waals surface area contributed by atoms with Gasteiger partial charge in [-0.05, 0) is 27.2 Å². The first-order valence-electron chi connectivity index (χ1n) is 7.01. The second-order valence-electron chi connectivity index (χ2n) is 6.53. The Kier molecular flexibility index (Phi) is 5.33. The van der Waals surface area contributed by atoms with Crippen LogP contribution in [0.1, 0.15) is 47.5 Å². The predicted octanol–water partition coefficient (Wildman–Crippen LogP) is 2.32. The van der Waals surface area contributed by atoms with Gasteiger partial charge in [0.1, 0.15) is 11.7 Å². The van der Waals surface area contributed by atoms with E-state index in [1.807, 2.05) is 13.8 Å². The van der Waals surface area contributed by atoms with Crippen molar-refractivity contribution in [3.8, 4) is 0 Å². The van der Waals surface area contributed by atoms with Crippen LogP contribution < -0.4 is 0 Å². The Morgan fingerprint density at radius 2 is 1.90 bits per heavy atom. The summed E-state index contributed by atoms with van der Waals surface area (Å²) in [5.74, 6) is -1.93. The van der Waals surface area contributed by atoms with Crippen molar-refractivity contribution in [2.75, 3.05) is 13.7 Å². The summed E-state index contributed by atoms with van der Waals surface area (Å²) in [5, 5.41) is 0. The SMILES string of the molecule is COC(=O)C(C)C(=O)CCC1OC(C)(C)OCC1(C)C. The van der Waals surface area contributed by atoms with Gasteiger partial charge in [-0.2, -0.15) is 0 Å². The van der Waals surface area contributed by atoms with E-state index in [4.69, 9.17) is 9.47 Å². The zero-order chi connectivity index (χ0) is 15.6. The summed E-state index contributed by atoms with van der Waals surface area (Å²) in [6.07, 6.45) is 0.820. The molecule has 0 bridgehead atoms. The van der Waals surface area contributed by atoms with Gasteiger partial charge in [-0.3, -0.25) is 9.59 Å². The highest BCUT2D eigenvalue weighted by Gasteiger charge is 2.41. The summed E-state index contributed by atoms with van der Waals surface area (Å²) in [6.45, 7) is 10.0. The van der Waals surface area contributed by atoms with Gasteiger partial charge in [-0.15, -0.1) is 0 Å². The third kappa shape index (κ3) is 4.28. The lowest BCUT2D eigenvalue weighted by Gasteiger charge is -2.46. The number of rotatable bonds is 5. The number of esters is 1. The van der Waals surface area contributed by atoms with Crippen molar-refractivity contribution in [1.82, 2.24) is 0 Å². The summed E-state index contributed by atoms with van der Waals surface area (Å²) < 4.78 is 16.1. The molecular formula is C15H26O5. The van der Waals surface area contributed by atoms with E-state index in [0.29, 0.717) is 19.4 Å². The molecule has 0 N–H and O–H groups in total. The Hall–Kier alpha value is -0.940. The van der Waals surface area contributed by atoms with Crippen LogP contribution in [0.5, 0.6) is 0 Å². The van der Waals surface area contributed by atoms with Crippen LogP contribution >= 0.6 is 0 Å². The van der Waals surface area contributed by atoms with E-state index in [9.17, 15) is 9.59 Å². The van der Waals surface area contributed by atoms with E-state index in [1.165, 1.54) is 7.11 Å².